The molecule has 1 fully saturated rings. The van der Waals surface area contributed by atoms with Gasteiger partial charge in [-0.1, -0.05) is 0 Å². The molecule has 0 radical (unpaired) electrons. The Morgan fingerprint density at radius 2 is 2.00 bits per heavy atom. The maximum atomic E-state index is 13.0. The molecule has 1 heterocycles. The second-order valence-electron chi connectivity index (χ2n) is 4.53. The minimum absolute atomic E-state index is 0.190. The Labute approximate surface area is 102 Å². The highest BCUT2D eigenvalue weighted by Gasteiger charge is 2.35. The van der Waals surface area contributed by atoms with Gasteiger partial charge in [-0.25, -0.2) is 13.6 Å². The number of nitrogens with zero attached hydrogens (tertiary/aromatic N) is 1. The molecule has 2 rings (SSSR count). The number of rotatable bonds is 2. The highest BCUT2D eigenvalue weighted by molar-refractivity contribution is 5.86. The zero-order chi connectivity index (χ0) is 13.3. The summed E-state index contributed by atoms with van der Waals surface area (Å²) in [5, 5.41) is 8.84. The van der Waals surface area contributed by atoms with E-state index >= 15 is 0 Å². The van der Waals surface area contributed by atoms with E-state index in [0.29, 0.717) is 0 Å². The molecule has 0 saturated heterocycles. The number of carbonyl (C=O) groups is 1. The van der Waals surface area contributed by atoms with Gasteiger partial charge in [0.25, 0.3) is 5.56 Å². The lowest BCUT2D eigenvalue weighted by atomic mass is 9.92. The van der Waals surface area contributed by atoms with Crippen LogP contribution in [-0.4, -0.2) is 21.6 Å². The second-order valence-corrected chi connectivity index (χ2v) is 4.53. The standard InChI is InChI=1S/C12H13F2NO3/c13-12(14)5-3-8(4-6-12)15-7-1-2-9(10(15)16)11(17)18/h1-2,7-8H,3-6H2,(H,17,18). The highest BCUT2D eigenvalue weighted by atomic mass is 19.3. The van der Waals surface area contributed by atoms with Crippen LogP contribution in [0.5, 0.6) is 0 Å². The van der Waals surface area contributed by atoms with E-state index in [1.807, 2.05) is 0 Å². The minimum atomic E-state index is -2.66. The first-order chi connectivity index (χ1) is 8.41. The first-order valence-corrected chi connectivity index (χ1v) is 5.73. The second kappa shape index (κ2) is 4.51. The first kappa shape index (κ1) is 12.7. The number of alkyl halides is 2. The van der Waals surface area contributed by atoms with Crippen molar-refractivity contribution in [1.82, 2.24) is 4.57 Å². The number of aromatic nitrogens is 1. The average Bonchev–Trinajstić information content (AvgIpc) is 2.29. The van der Waals surface area contributed by atoms with E-state index in [-0.39, 0.29) is 37.3 Å². The van der Waals surface area contributed by atoms with Crippen molar-refractivity contribution in [3.63, 3.8) is 0 Å². The van der Waals surface area contributed by atoms with Gasteiger partial charge >= 0.3 is 5.97 Å². The number of carboxylic acid groups (broad SMARTS) is 1. The smallest absolute Gasteiger partial charge is 0.341 e. The van der Waals surface area contributed by atoms with Crippen LogP contribution in [-0.2, 0) is 0 Å². The number of halogens is 2. The fourth-order valence-electron chi connectivity index (χ4n) is 2.26. The van der Waals surface area contributed by atoms with E-state index < -0.39 is 17.5 Å². The van der Waals surface area contributed by atoms with Gasteiger partial charge in [-0.2, -0.15) is 0 Å². The number of hydrogen-bond donors (Lipinski definition) is 1. The largest absolute Gasteiger partial charge is 0.477 e. The molecule has 0 unspecified atom stereocenters. The Bertz CT molecular complexity index is 514. The van der Waals surface area contributed by atoms with Crippen LogP contribution in [0.1, 0.15) is 42.1 Å². The van der Waals surface area contributed by atoms with E-state index in [1.54, 1.807) is 0 Å². The first-order valence-electron chi connectivity index (χ1n) is 5.73. The summed E-state index contributed by atoms with van der Waals surface area (Å²) in [6.45, 7) is 0. The summed E-state index contributed by atoms with van der Waals surface area (Å²) >= 11 is 0. The summed E-state index contributed by atoms with van der Waals surface area (Å²) < 4.78 is 27.3. The fourth-order valence-corrected chi connectivity index (χ4v) is 2.26. The predicted octanol–water partition coefficient (Wildman–Crippen LogP) is 2.30. The predicted molar refractivity (Wildman–Crippen MR) is 60.1 cm³/mol. The molecule has 1 aromatic rings. The Morgan fingerprint density at radius 3 is 2.56 bits per heavy atom. The van der Waals surface area contributed by atoms with Gasteiger partial charge in [0.15, 0.2) is 0 Å². The zero-order valence-electron chi connectivity index (χ0n) is 9.60. The molecular formula is C12H13F2NO3. The third-order valence-corrected chi connectivity index (χ3v) is 3.28. The van der Waals surface area contributed by atoms with Gasteiger partial charge in [-0.05, 0) is 25.0 Å². The molecular weight excluding hydrogens is 244 g/mol. The third kappa shape index (κ3) is 2.42. The van der Waals surface area contributed by atoms with Crippen LogP contribution in [0.2, 0.25) is 0 Å². The molecule has 1 N–H and O–H groups in total. The topological polar surface area (TPSA) is 59.3 Å². The van der Waals surface area contributed by atoms with Crippen molar-refractivity contribution in [3.05, 3.63) is 34.2 Å². The van der Waals surface area contributed by atoms with E-state index in [0.717, 1.165) is 0 Å². The Morgan fingerprint density at radius 1 is 1.39 bits per heavy atom. The minimum Gasteiger partial charge on any atom is -0.477 e. The normalized spacial score (nSPS) is 19.7. The monoisotopic (exact) mass is 257 g/mol. The fraction of sp³-hybridized carbons (Fsp3) is 0.500. The van der Waals surface area contributed by atoms with Crippen LogP contribution in [0.15, 0.2) is 23.1 Å². The highest BCUT2D eigenvalue weighted by Crippen LogP contribution is 2.37. The number of aromatic carboxylic acids is 1. The summed E-state index contributed by atoms with van der Waals surface area (Å²) in [7, 11) is 0. The molecule has 4 nitrogen and oxygen atoms in total. The van der Waals surface area contributed by atoms with Gasteiger partial charge in [-0.15, -0.1) is 0 Å². The molecule has 18 heavy (non-hydrogen) atoms. The molecule has 0 aromatic carbocycles. The lowest BCUT2D eigenvalue weighted by Crippen LogP contribution is -2.33. The van der Waals surface area contributed by atoms with Gasteiger partial charge in [0.05, 0.1) is 0 Å². The van der Waals surface area contributed by atoms with Gasteiger partial charge in [-0.3, -0.25) is 4.79 Å². The lowest BCUT2D eigenvalue weighted by Gasteiger charge is -2.29. The van der Waals surface area contributed by atoms with Gasteiger partial charge in [0.2, 0.25) is 5.92 Å². The summed E-state index contributed by atoms with van der Waals surface area (Å²) in [6, 6.07) is 2.34. The SMILES string of the molecule is O=C(O)c1cccn(C2CCC(F)(F)CC2)c1=O. The summed E-state index contributed by atoms with van der Waals surface area (Å²) in [6.07, 6.45) is 1.32. The van der Waals surface area contributed by atoms with Crippen molar-refractivity contribution in [1.29, 1.82) is 0 Å². The Balaban J connectivity index is 2.28. The maximum Gasteiger partial charge on any atom is 0.341 e. The van der Waals surface area contributed by atoms with Crippen LogP contribution in [0.4, 0.5) is 8.78 Å². The molecule has 1 aliphatic rings. The molecule has 0 aliphatic heterocycles. The number of pyridine rings is 1. The molecule has 1 aromatic heterocycles. The zero-order valence-corrected chi connectivity index (χ0v) is 9.60. The van der Waals surface area contributed by atoms with Crippen molar-refractivity contribution >= 4 is 5.97 Å². The van der Waals surface area contributed by atoms with Crippen LogP contribution in [0.3, 0.4) is 0 Å². The van der Waals surface area contributed by atoms with Crippen LogP contribution in [0, 0.1) is 0 Å². The summed E-state index contributed by atoms with van der Waals surface area (Å²) in [4.78, 5) is 22.7. The molecule has 0 spiro atoms. The molecule has 0 atom stereocenters. The van der Waals surface area contributed by atoms with Gasteiger partial charge in [0, 0.05) is 25.1 Å². The van der Waals surface area contributed by atoms with E-state index in [1.165, 1.54) is 22.9 Å². The Kier molecular flexibility index (Phi) is 3.19. The maximum absolute atomic E-state index is 13.0. The van der Waals surface area contributed by atoms with Crippen LogP contribution in [0.25, 0.3) is 0 Å². The molecule has 98 valence electrons. The molecule has 6 heteroatoms. The van der Waals surface area contributed by atoms with E-state index in [9.17, 15) is 18.4 Å². The van der Waals surface area contributed by atoms with Crippen molar-refractivity contribution < 1.29 is 18.7 Å². The molecule has 1 saturated carbocycles. The number of carboxylic acids is 1. The molecule has 1 aliphatic carbocycles. The summed E-state index contributed by atoms with van der Waals surface area (Å²) in [5.41, 5.74) is -0.949. The average molecular weight is 257 g/mol. The van der Waals surface area contributed by atoms with Crippen LogP contribution < -0.4 is 5.56 Å². The molecule has 0 amide bonds. The van der Waals surface area contributed by atoms with Crippen molar-refractivity contribution in [2.75, 3.05) is 0 Å². The quantitative estimate of drug-likeness (QED) is 0.884. The Hall–Kier alpha value is -1.72. The lowest BCUT2D eigenvalue weighted by molar-refractivity contribution is -0.0442. The van der Waals surface area contributed by atoms with E-state index in [4.69, 9.17) is 5.11 Å². The van der Waals surface area contributed by atoms with Gasteiger partial charge in [0.1, 0.15) is 5.56 Å². The van der Waals surface area contributed by atoms with Gasteiger partial charge < -0.3 is 9.67 Å². The van der Waals surface area contributed by atoms with Crippen molar-refractivity contribution in [2.24, 2.45) is 0 Å². The van der Waals surface area contributed by atoms with Crippen molar-refractivity contribution in [3.8, 4) is 0 Å². The van der Waals surface area contributed by atoms with Crippen molar-refractivity contribution in [2.45, 2.75) is 37.6 Å². The van der Waals surface area contributed by atoms with E-state index in [2.05, 4.69) is 0 Å². The number of hydrogen-bond acceptors (Lipinski definition) is 2. The third-order valence-electron chi connectivity index (χ3n) is 3.28. The summed E-state index contributed by atoms with van der Waals surface area (Å²) in [5.74, 6) is -3.96. The van der Waals surface area contributed by atoms with Crippen LogP contribution >= 0.6 is 0 Å². The molecule has 0 bridgehead atoms.